The van der Waals surface area contributed by atoms with Gasteiger partial charge in [0.25, 0.3) is 0 Å². The van der Waals surface area contributed by atoms with E-state index < -0.39 is 0 Å². The first kappa shape index (κ1) is 17.5. The lowest BCUT2D eigenvalue weighted by molar-refractivity contribution is 0.434. The average Bonchev–Trinajstić information content (AvgIpc) is 2.38. The van der Waals surface area contributed by atoms with Crippen molar-refractivity contribution in [2.75, 3.05) is 6.54 Å². The molecule has 1 unspecified atom stereocenters. The van der Waals surface area contributed by atoms with Gasteiger partial charge in [-0.2, -0.15) is 0 Å². The summed E-state index contributed by atoms with van der Waals surface area (Å²) in [5.74, 6) is 0.479. The molecule has 0 heterocycles. The fourth-order valence-corrected chi connectivity index (χ4v) is 2.59. The highest BCUT2D eigenvalue weighted by molar-refractivity contribution is 6.31. The summed E-state index contributed by atoms with van der Waals surface area (Å²) in [5, 5.41) is 4.12. The fourth-order valence-electron chi connectivity index (χ4n) is 2.35. The van der Waals surface area contributed by atoms with E-state index in [0.29, 0.717) is 11.1 Å². The molecule has 0 fully saturated rings. The molecule has 1 aromatic rings. The van der Waals surface area contributed by atoms with Gasteiger partial charge in [0, 0.05) is 11.1 Å². The van der Waals surface area contributed by atoms with Crippen LogP contribution in [0, 0.1) is 11.7 Å². The van der Waals surface area contributed by atoms with Crippen LogP contribution in [0.4, 0.5) is 4.39 Å². The van der Waals surface area contributed by atoms with Crippen LogP contribution < -0.4 is 5.32 Å². The van der Waals surface area contributed by atoms with Crippen molar-refractivity contribution in [3.63, 3.8) is 0 Å². The van der Waals surface area contributed by atoms with E-state index in [-0.39, 0.29) is 5.82 Å². The predicted molar refractivity (Wildman–Crippen MR) is 85.9 cm³/mol. The summed E-state index contributed by atoms with van der Waals surface area (Å²) >= 11 is 6.12. The number of halogens is 2. The number of nitrogens with one attached hydrogen (secondary N) is 1. The molecule has 0 spiro atoms. The van der Waals surface area contributed by atoms with E-state index >= 15 is 0 Å². The van der Waals surface area contributed by atoms with Crippen LogP contribution in [-0.4, -0.2) is 12.6 Å². The molecule has 0 amide bonds. The van der Waals surface area contributed by atoms with Crippen LogP contribution in [0.25, 0.3) is 0 Å². The van der Waals surface area contributed by atoms with Crippen molar-refractivity contribution in [2.45, 2.75) is 58.9 Å². The molecule has 0 aromatic heterocycles. The highest BCUT2D eigenvalue weighted by Gasteiger charge is 2.12. The third-order valence-electron chi connectivity index (χ3n) is 3.50. The zero-order valence-electron chi connectivity index (χ0n) is 12.9. The monoisotopic (exact) mass is 299 g/mol. The summed E-state index contributed by atoms with van der Waals surface area (Å²) in [7, 11) is 0. The van der Waals surface area contributed by atoms with E-state index in [2.05, 4.69) is 26.1 Å². The summed E-state index contributed by atoms with van der Waals surface area (Å²) in [4.78, 5) is 0. The molecule has 0 saturated heterocycles. The first-order valence-corrected chi connectivity index (χ1v) is 8.08. The number of hydrogen-bond donors (Lipinski definition) is 1. The molecule has 114 valence electrons. The molecule has 3 heteroatoms. The Morgan fingerprint density at radius 1 is 1.25 bits per heavy atom. The number of hydrogen-bond acceptors (Lipinski definition) is 1. The third-order valence-corrected chi connectivity index (χ3v) is 3.85. The topological polar surface area (TPSA) is 12.0 Å². The van der Waals surface area contributed by atoms with Gasteiger partial charge in [0.1, 0.15) is 5.82 Å². The van der Waals surface area contributed by atoms with Crippen LogP contribution in [0.3, 0.4) is 0 Å². The summed E-state index contributed by atoms with van der Waals surface area (Å²) in [6, 6.07) is 5.13. The van der Waals surface area contributed by atoms with E-state index in [4.69, 9.17) is 11.6 Å². The zero-order valence-corrected chi connectivity index (χ0v) is 13.6. The Morgan fingerprint density at radius 3 is 2.60 bits per heavy atom. The van der Waals surface area contributed by atoms with Crippen LogP contribution in [0.5, 0.6) is 0 Å². The second kappa shape index (κ2) is 9.36. The Hall–Kier alpha value is -0.600. The molecule has 1 atom stereocenters. The van der Waals surface area contributed by atoms with Crippen LogP contribution in [0.1, 0.15) is 52.0 Å². The molecule has 1 N–H and O–H groups in total. The highest BCUT2D eigenvalue weighted by atomic mass is 35.5. The molecular weight excluding hydrogens is 273 g/mol. The molecule has 20 heavy (non-hydrogen) atoms. The third kappa shape index (κ3) is 6.71. The predicted octanol–water partition coefficient (Wildman–Crippen LogP) is 5.22. The molecule has 1 aromatic carbocycles. The van der Waals surface area contributed by atoms with E-state index in [1.807, 2.05) is 0 Å². The van der Waals surface area contributed by atoms with Gasteiger partial charge in [-0.25, -0.2) is 4.39 Å². The maximum atomic E-state index is 13.1. The summed E-state index contributed by atoms with van der Waals surface area (Å²) in [6.45, 7) is 7.70. The Labute approximate surface area is 127 Å². The molecule has 0 bridgehead atoms. The Balaban J connectivity index is 2.58. The van der Waals surface area contributed by atoms with Gasteiger partial charge in [0.15, 0.2) is 0 Å². The number of rotatable bonds is 9. The lowest BCUT2D eigenvalue weighted by Gasteiger charge is -2.20. The highest BCUT2D eigenvalue weighted by Crippen LogP contribution is 2.20. The molecular formula is C17H27ClFN. The maximum absolute atomic E-state index is 13.1. The van der Waals surface area contributed by atoms with Crippen LogP contribution in [0.2, 0.25) is 5.02 Å². The smallest absolute Gasteiger partial charge is 0.124 e. The first-order chi connectivity index (χ1) is 9.52. The minimum Gasteiger partial charge on any atom is -0.314 e. The van der Waals surface area contributed by atoms with E-state index in [0.717, 1.165) is 37.3 Å². The van der Waals surface area contributed by atoms with Gasteiger partial charge in [0.05, 0.1) is 0 Å². The molecule has 0 aliphatic heterocycles. The molecule has 0 saturated carbocycles. The van der Waals surface area contributed by atoms with Gasteiger partial charge in [0.2, 0.25) is 0 Å². The van der Waals surface area contributed by atoms with Gasteiger partial charge >= 0.3 is 0 Å². The lowest BCUT2D eigenvalue weighted by Crippen LogP contribution is -2.32. The minimum absolute atomic E-state index is 0.267. The minimum atomic E-state index is -0.267. The molecule has 0 aliphatic carbocycles. The lowest BCUT2D eigenvalue weighted by atomic mass is 9.98. The van der Waals surface area contributed by atoms with Crippen molar-refractivity contribution in [3.8, 4) is 0 Å². The van der Waals surface area contributed by atoms with E-state index in [1.54, 1.807) is 6.07 Å². The van der Waals surface area contributed by atoms with Crippen molar-refractivity contribution in [2.24, 2.45) is 5.92 Å². The van der Waals surface area contributed by atoms with E-state index in [9.17, 15) is 4.39 Å². The molecule has 1 rings (SSSR count). The largest absolute Gasteiger partial charge is 0.314 e. The second-order valence-electron chi connectivity index (χ2n) is 5.92. The van der Waals surface area contributed by atoms with Gasteiger partial charge in [-0.3, -0.25) is 0 Å². The van der Waals surface area contributed by atoms with Gasteiger partial charge in [-0.1, -0.05) is 51.3 Å². The SMILES string of the molecule is CCCNC(CCCC(C)C)Cc1ccc(F)cc1Cl. The maximum Gasteiger partial charge on any atom is 0.124 e. The van der Waals surface area contributed by atoms with Gasteiger partial charge in [-0.15, -0.1) is 0 Å². The molecule has 0 aliphatic rings. The summed E-state index contributed by atoms with van der Waals surface area (Å²) < 4.78 is 13.1. The standard InChI is InChI=1S/C17H27ClFN/c1-4-10-20-16(7-5-6-13(2)3)11-14-8-9-15(19)12-17(14)18/h8-9,12-13,16,20H,4-7,10-11H2,1-3H3. The normalized spacial score (nSPS) is 12.9. The van der Waals surface area contributed by atoms with E-state index in [1.165, 1.54) is 25.0 Å². The van der Waals surface area contributed by atoms with Crippen molar-refractivity contribution >= 4 is 11.6 Å². The van der Waals surface area contributed by atoms with Crippen LogP contribution in [0.15, 0.2) is 18.2 Å². The summed E-state index contributed by atoms with van der Waals surface area (Å²) in [6.07, 6.45) is 5.61. The van der Waals surface area contributed by atoms with Crippen molar-refractivity contribution in [1.82, 2.24) is 5.32 Å². The second-order valence-corrected chi connectivity index (χ2v) is 6.32. The van der Waals surface area contributed by atoms with Crippen molar-refractivity contribution in [3.05, 3.63) is 34.6 Å². The Kier molecular flexibility index (Phi) is 8.16. The number of benzene rings is 1. The quantitative estimate of drug-likeness (QED) is 0.659. The Bertz CT molecular complexity index is 393. The Morgan fingerprint density at radius 2 is 2.00 bits per heavy atom. The summed E-state index contributed by atoms with van der Waals surface area (Å²) in [5.41, 5.74) is 1.03. The zero-order chi connectivity index (χ0) is 15.0. The van der Waals surface area contributed by atoms with Crippen molar-refractivity contribution < 1.29 is 4.39 Å². The fraction of sp³-hybridized carbons (Fsp3) is 0.647. The molecule has 0 radical (unpaired) electrons. The van der Waals surface area contributed by atoms with Gasteiger partial charge in [-0.05, 0) is 49.4 Å². The van der Waals surface area contributed by atoms with Crippen molar-refractivity contribution in [1.29, 1.82) is 0 Å². The molecule has 1 nitrogen and oxygen atoms in total. The van der Waals surface area contributed by atoms with Crippen LogP contribution in [-0.2, 0) is 6.42 Å². The first-order valence-electron chi connectivity index (χ1n) is 7.70. The van der Waals surface area contributed by atoms with Crippen LogP contribution >= 0.6 is 11.6 Å². The van der Waals surface area contributed by atoms with Gasteiger partial charge < -0.3 is 5.32 Å². The average molecular weight is 300 g/mol.